The van der Waals surface area contributed by atoms with Crippen molar-refractivity contribution in [2.45, 2.75) is 21.9 Å². The van der Waals surface area contributed by atoms with Gasteiger partial charge in [0.1, 0.15) is 11.9 Å². The molecule has 1 atom stereocenters. The minimum absolute atomic E-state index is 0.138. The number of anilines is 1. The number of rotatable bonds is 1. The largest absolute Gasteiger partial charge is 0.506 e. The summed E-state index contributed by atoms with van der Waals surface area (Å²) in [6.45, 7) is 0. The number of alkyl halides is 5. The lowest BCUT2D eigenvalue weighted by molar-refractivity contribution is -0.210. The fourth-order valence-corrected chi connectivity index (χ4v) is 3.59. The van der Waals surface area contributed by atoms with Gasteiger partial charge in [-0.15, -0.1) is 13.2 Å². The van der Waals surface area contributed by atoms with E-state index in [1.807, 2.05) is 6.07 Å². The van der Waals surface area contributed by atoms with E-state index in [1.165, 1.54) is 0 Å². The van der Waals surface area contributed by atoms with Crippen molar-refractivity contribution in [3.8, 4) is 6.07 Å². The first kappa shape index (κ1) is 20.4. The molecule has 1 fully saturated rings. The number of nitrogens with two attached hydrogens (primary N) is 1. The maximum Gasteiger partial charge on any atom is 0.506 e. The molecule has 1 saturated carbocycles. The Morgan fingerprint density at radius 2 is 1.84 bits per heavy atom. The van der Waals surface area contributed by atoms with E-state index in [2.05, 4.69) is 37.0 Å². The Morgan fingerprint density at radius 1 is 1.32 bits per heavy atom. The second-order valence-electron chi connectivity index (χ2n) is 5.10. The highest BCUT2D eigenvalue weighted by molar-refractivity contribution is 9.25. The van der Waals surface area contributed by atoms with Gasteiger partial charge in [0.2, 0.25) is 0 Å². The lowest BCUT2D eigenvalue weighted by Crippen LogP contribution is -2.20. The summed E-state index contributed by atoms with van der Waals surface area (Å²) in [5, 5.41) is 13.3. The van der Waals surface area contributed by atoms with Gasteiger partial charge in [-0.3, -0.25) is 0 Å². The molecule has 0 radical (unpaired) electrons. The van der Waals surface area contributed by atoms with Crippen molar-refractivity contribution in [1.29, 1.82) is 5.26 Å². The quantitative estimate of drug-likeness (QED) is 0.485. The molecule has 1 unspecified atom stereocenters. The molecule has 1 aromatic carbocycles. The maximum absolute atomic E-state index is 12.5. The van der Waals surface area contributed by atoms with Gasteiger partial charge in [-0.25, -0.2) is 0 Å². The normalized spacial score (nSPS) is 18.1. The van der Waals surface area contributed by atoms with Gasteiger partial charge in [0, 0.05) is 21.5 Å². The minimum Gasteiger partial charge on any atom is -0.383 e. The molecule has 1 heterocycles. The third-order valence-corrected chi connectivity index (χ3v) is 5.49. The number of halogens is 7. The highest BCUT2D eigenvalue weighted by Crippen LogP contribution is 2.63. The van der Waals surface area contributed by atoms with Crippen LogP contribution in [0.5, 0.6) is 0 Å². The van der Waals surface area contributed by atoms with Crippen LogP contribution in [0.2, 0.25) is 10.0 Å². The van der Waals surface area contributed by atoms with E-state index in [0.717, 1.165) is 0 Å². The summed E-state index contributed by atoms with van der Waals surface area (Å²) >= 11 is 17.7. The fraction of sp³-hybridized carbons (Fsp3) is 0.286. The van der Waals surface area contributed by atoms with Crippen LogP contribution in [0.4, 0.5) is 19.0 Å². The first-order valence-corrected chi connectivity index (χ1v) is 8.96. The van der Waals surface area contributed by atoms with E-state index in [4.69, 9.17) is 34.2 Å². The molecule has 4 nitrogen and oxygen atoms in total. The summed E-state index contributed by atoms with van der Waals surface area (Å²) in [6, 6.07) is 8.71. The molecule has 0 amide bonds. The van der Waals surface area contributed by atoms with Crippen molar-refractivity contribution >= 4 is 60.9 Å². The van der Waals surface area contributed by atoms with Crippen LogP contribution in [-0.2, 0) is 6.30 Å². The minimum atomic E-state index is -4.72. The lowest BCUT2D eigenvalue weighted by atomic mass is 10.1. The number of nitriles is 1. The molecule has 0 bridgehead atoms. The van der Waals surface area contributed by atoms with Gasteiger partial charge in [0.15, 0.2) is 5.69 Å². The molecule has 3 rings (SSSR count). The van der Waals surface area contributed by atoms with E-state index >= 15 is 0 Å². The Balaban J connectivity index is 0.000000236. The summed E-state index contributed by atoms with van der Waals surface area (Å²) < 4.78 is 36.9. The van der Waals surface area contributed by atoms with Crippen LogP contribution in [-0.4, -0.2) is 13.0 Å². The topological polar surface area (TPSA) is 67.6 Å². The van der Waals surface area contributed by atoms with Crippen molar-refractivity contribution in [3.63, 3.8) is 0 Å². The van der Waals surface area contributed by atoms with E-state index < -0.39 is 15.4 Å². The number of nitrogen functional groups attached to an aromatic ring is 1. The number of nitrogens with zero attached hydrogens (tertiary/aromatic N) is 3. The van der Waals surface area contributed by atoms with Gasteiger partial charge >= 0.3 is 6.30 Å². The van der Waals surface area contributed by atoms with Crippen molar-refractivity contribution in [1.82, 2.24) is 9.78 Å². The van der Waals surface area contributed by atoms with Crippen LogP contribution in [0.1, 0.15) is 23.6 Å². The predicted octanol–water partition coefficient (Wildman–Crippen LogP) is 5.78. The standard InChI is InChI=1S/C8H5Br2F3N4.C6H4Cl2/c9-7(10)1-3(7)5-4(2-14)16-17(6(5)15)8(11,12)13;7-5-2-1-3-6(8)4-5/h3H,1,15H2;1-4H. The molecule has 0 saturated heterocycles. The molecule has 2 N–H and O–H groups in total. The van der Waals surface area contributed by atoms with Crippen molar-refractivity contribution in [2.75, 3.05) is 5.73 Å². The summed E-state index contributed by atoms with van der Waals surface area (Å²) in [4.78, 5) is 0. The zero-order valence-electron chi connectivity index (χ0n) is 12.2. The number of benzene rings is 1. The third kappa shape index (κ3) is 4.82. The van der Waals surface area contributed by atoms with E-state index in [0.29, 0.717) is 16.5 Å². The van der Waals surface area contributed by atoms with Crippen LogP contribution >= 0.6 is 55.1 Å². The Bertz CT molecular complexity index is 813. The van der Waals surface area contributed by atoms with Gasteiger partial charge in [-0.05, 0) is 24.6 Å². The highest BCUT2D eigenvalue weighted by atomic mass is 79.9. The first-order chi connectivity index (χ1) is 11.5. The Morgan fingerprint density at radius 3 is 2.16 bits per heavy atom. The second-order valence-corrected chi connectivity index (χ2v) is 9.86. The molecular formula is C14H9Br2Cl2F3N4. The van der Waals surface area contributed by atoms with Crippen LogP contribution in [0, 0.1) is 11.3 Å². The summed E-state index contributed by atoms with van der Waals surface area (Å²) in [6.07, 6.45) is -4.17. The van der Waals surface area contributed by atoms with Crippen molar-refractivity contribution in [2.24, 2.45) is 0 Å². The first-order valence-electron chi connectivity index (χ1n) is 6.62. The molecule has 11 heteroatoms. The molecule has 25 heavy (non-hydrogen) atoms. The molecule has 1 aliphatic rings. The fourth-order valence-electron chi connectivity index (χ4n) is 2.05. The second kappa shape index (κ2) is 7.35. The van der Waals surface area contributed by atoms with Gasteiger partial charge < -0.3 is 5.73 Å². The van der Waals surface area contributed by atoms with Crippen LogP contribution in [0.3, 0.4) is 0 Å². The Kier molecular flexibility index (Phi) is 5.99. The van der Waals surface area contributed by atoms with Crippen LogP contribution in [0.15, 0.2) is 24.3 Å². The molecule has 2 aromatic rings. The molecule has 1 aliphatic carbocycles. The zero-order chi connectivity index (χ0) is 19.0. The number of hydrogen-bond donors (Lipinski definition) is 1. The monoisotopic (exact) mass is 518 g/mol. The van der Waals surface area contributed by atoms with Gasteiger partial charge in [-0.2, -0.15) is 15.0 Å². The predicted molar refractivity (Wildman–Crippen MR) is 97.1 cm³/mol. The van der Waals surface area contributed by atoms with Crippen molar-refractivity contribution in [3.05, 3.63) is 45.6 Å². The van der Waals surface area contributed by atoms with Gasteiger partial charge in [-0.1, -0.05) is 61.1 Å². The molecule has 1 aromatic heterocycles. The Labute approximate surface area is 167 Å². The number of hydrogen-bond acceptors (Lipinski definition) is 3. The number of aromatic nitrogens is 2. The van der Waals surface area contributed by atoms with Gasteiger partial charge in [0.25, 0.3) is 0 Å². The van der Waals surface area contributed by atoms with E-state index in [-0.39, 0.29) is 21.9 Å². The van der Waals surface area contributed by atoms with E-state index in [1.54, 1.807) is 24.3 Å². The maximum atomic E-state index is 12.5. The molecule has 134 valence electrons. The van der Waals surface area contributed by atoms with Gasteiger partial charge in [0.05, 0.1) is 3.23 Å². The third-order valence-electron chi connectivity index (χ3n) is 3.27. The SMILES string of the molecule is Clc1cccc(Cl)c1.N#Cc1nn(C(F)(F)F)c(N)c1C1CC1(Br)Br. The lowest BCUT2D eigenvalue weighted by Gasteiger charge is -2.08. The summed E-state index contributed by atoms with van der Waals surface area (Å²) in [7, 11) is 0. The van der Waals surface area contributed by atoms with Crippen LogP contribution in [0.25, 0.3) is 0 Å². The average molecular weight is 521 g/mol. The Hall–Kier alpha value is -0.950. The van der Waals surface area contributed by atoms with Crippen molar-refractivity contribution < 1.29 is 13.2 Å². The summed E-state index contributed by atoms with van der Waals surface area (Å²) in [5.74, 6) is -0.812. The highest BCUT2D eigenvalue weighted by Gasteiger charge is 2.55. The smallest absolute Gasteiger partial charge is 0.383 e. The molecular weight excluding hydrogens is 512 g/mol. The summed E-state index contributed by atoms with van der Waals surface area (Å²) in [5.41, 5.74) is 5.27. The zero-order valence-corrected chi connectivity index (χ0v) is 16.8. The molecule has 0 spiro atoms. The van der Waals surface area contributed by atoms with E-state index in [9.17, 15) is 13.2 Å². The van der Waals surface area contributed by atoms with Crippen LogP contribution < -0.4 is 5.73 Å². The molecule has 0 aliphatic heterocycles. The average Bonchev–Trinajstić information content (AvgIpc) is 2.95.